The second-order valence-corrected chi connectivity index (χ2v) is 3.41. The molecule has 0 saturated heterocycles. The van der Waals surface area contributed by atoms with Gasteiger partial charge in [0.05, 0.1) is 5.71 Å². The fourth-order valence-corrected chi connectivity index (χ4v) is 1.57. The monoisotopic (exact) mass is 211 g/mol. The van der Waals surface area contributed by atoms with Gasteiger partial charge < -0.3 is 4.74 Å². The molecule has 0 N–H and O–H groups in total. The van der Waals surface area contributed by atoms with Crippen LogP contribution in [0.3, 0.4) is 0 Å². The number of fused-ring (bicyclic) bond motifs is 1. The molecule has 1 aromatic carbocycles. The van der Waals surface area contributed by atoms with Crippen LogP contribution in [0.5, 0.6) is 5.75 Å². The van der Waals surface area contributed by atoms with E-state index in [2.05, 4.69) is 15.0 Å². The highest BCUT2D eigenvalue weighted by Gasteiger charge is 2.20. The first-order valence-corrected chi connectivity index (χ1v) is 5.03. The molecule has 0 radical (unpaired) electrons. The van der Waals surface area contributed by atoms with Gasteiger partial charge in [0.15, 0.2) is 0 Å². The fraction of sp³-hybridized carbons (Fsp3) is 0.0833. The maximum absolute atomic E-state index is 5.66. The molecule has 4 heteroatoms. The zero-order chi connectivity index (χ0) is 10.8. The number of aliphatic imine (C=N–C) groups is 3. The van der Waals surface area contributed by atoms with Crippen molar-refractivity contribution in [1.82, 2.24) is 0 Å². The van der Waals surface area contributed by atoms with E-state index in [1.807, 2.05) is 30.3 Å². The highest BCUT2D eigenvalue weighted by Crippen LogP contribution is 2.22. The largest absolute Gasteiger partial charge is 0.437 e. The molecular weight excluding hydrogens is 202 g/mol. The van der Waals surface area contributed by atoms with Crippen LogP contribution in [0.15, 0.2) is 56.9 Å². The van der Waals surface area contributed by atoms with Crippen molar-refractivity contribution in [2.45, 2.75) is 6.42 Å². The lowest BCUT2D eigenvalue weighted by atomic mass is 10.2. The molecule has 0 aliphatic carbocycles. The summed E-state index contributed by atoms with van der Waals surface area (Å²) in [6.45, 7) is 0. The van der Waals surface area contributed by atoms with Crippen molar-refractivity contribution in [1.29, 1.82) is 0 Å². The summed E-state index contributed by atoms with van der Waals surface area (Å²) in [5.74, 6) is 1.27. The van der Waals surface area contributed by atoms with Crippen LogP contribution in [0.2, 0.25) is 0 Å². The van der Waals surface area contributed by atoms with E-state index in [1.165, 1.54) is 6.34 Å². The topological polar surface area (TPSA) is 46.3 Å². The Hall–Kier alpha value is -2.23. The third-order valence-corrected chi connectivity index (χ3v) is 2.33. The van der Waals surface area contributed by atoms with Crippen molar-refractivity contribution >= 4 is 18.3 Å². The van der Waals surface area contributed by atoms with Crippen molar-refractivity contribution < 1.29 is 4.74 Å². The summed E-state index contributed by atoms with van der Waals surface area (Å²) in [5.41, 5.74) is 1.66. The molecule has 0 bridgehead atoms. The number of hydrogen-bond donors (Lipinski definition) is 0. The minimum Gasteiger partial charge on any atom is -0.437 e. The molecule has 78 valence electrons. The normalized spacial score (nSPS) is 17.4. The Bertz CT molecular complexity index is 526. The summed E-state index contributed by atoms with van der Waals surface area (Å²) in [6.07, 6.45) is 4.04. The van der Waals surface area contributed by atoms with Crippen molar-refractivity contribution in [2.24, 2.45) is 15.0 Å². The van der Waals surface area contributed by atoms with Crippen molar-refractivity contribution in [2.75, 3.05) is 0 Å². The first-order chi connectivity index (χ1) is 7.93. The van der Waals surface area contributed by atoms with Crippen molar-refractivity contribution in [3.05, 3.63) is 41.9 Å². The van der Waals surface area contributed by atoms with Gasteiger partial charge in [-0.1, -0.05) is 18.2 Å². The van der Waals surface area contributed by atoms with Crippen LogP contribution in [0.4, 0.5) is 0 Å². The molecule has 2 aliphatic heterocycles. The van der Waals surface area contributed by atoms with Gasteiger partial charge in [-0.15, -0.1) is 0 Å². The Balaban J connectivity index is 1.93. The zero-order valence-corrected chi connectivity index (χ0v) is 8.50. The fourth-order valence-electron chi connectivity index (χ4n) is 1.57. The van der Waals surface area contributed by atoms with E-state index >= 15 is 0 Å². The summed E-state index contributed by atoms with van der Waals surface area (Å²) in [4.78, 5) is 12.5. The Kier molecular flexibility index (Phi) is 2.11. The third-order valence-electron chi connectivity index (χ3n) is 2.33. The quantitative estimate of drug-likeness (QED) is 0.739. The van der Waals surface area contributed by atoms with Crippen molar-refractivity contribution in [3.63, 3.8) is 0 Å². The Morgan fingerprint density at radius 2 is 1.94 bits per heavy atom. The van der Waals surface area contributed by atoms with Crippen molar-refractivity contribution in [3.8, 4) is 5.75 Å². The molecule has 0 aromatic heterocycles. The number of para-hydroxylation sites is 1. The minimum atomic E-state index is 0.518. The molecule has 16 heavy (non-hydrogen) atoms. The van der Waals surface area contributed by atoms with Crippen LogP contribution in [0.1, 0.15) is 6.42 Å². The molecule has 1 aromatic rings. The van der Waals surface area contributed by atoms with Crippen LogP contribution >= 0.6 is 0 Å². The van der Waals surface area contributed by atoms with Crippen LogP contribution in [0.25, 0.3) is 0 Å². The van der Waals surface area contributed by atoms with E-state index in [1.54, 1.807) is 6.21 Å². The third kappa shape index (κ3) is 1.54. The van der Waals surface area contributed by atoms with Crippen LogP contribution in [-0.4, -0.2) is 18.3 Å². The van der Waals surface area contributed by atoms with E-state index in [9.17, 15) is 0 Å². The molecule has 0 spiro atoms. The lowest BCUT2D eigenvalue weighted by Gasteiger charge is -2.11. The van der Waals surface area contributed by atoms with E-state index in [-0.39, 0.29) is 0 Å². The minimum absolute atomic E-state index is 0.518. The van der Waals surface area contributed by atoms with Gasteiger partial charge in [-0.25, -0.2) is 15.0 Å². The van der Waals surface area contributed by atoms with Gasteiger partial charge >= 0.3 is 0 Å². The maximum Gasteiger partial charge on any atom is 0.247 e. The van der Waals surface area contributed by atoms with Gasteiger partial charge in [-0.2, -0.15) is 0 Å². The molecule has 0 unspecified atom stereocenters. The highest BCUT2D eigenvalue weighted by atomic mass is 16.5. The summed E-state index contributed by atoms with van der Waals surface area (Å²) < 4.78 is 5.66. The van der Waals surface area contributed by atoms with E-state index < -0.39 is 0 Å². The second kappa shape index (κ2) is 3.73. The molecule has 2 heterocycles. The summed E-state index contributed by atoms with van der Waals surface area (Å²) in [7, 11) is 0. The molecule has 0 saturated carbocycles. The summed E-state index contributed by atoms with van der Waals surface area (Å²) in [5, 5.41) is 0. The molecule has 0 amide bonds. The number of ether oxygens (including phenoxy) is 1. The Morgan fingerprint density at radius 3 is 2.81 bits per heavy atom. The first-order valence-electron chi connectivity index (χ1n) is 5.03. The highest BCUT2D eigenvalue weighted by molar-refractivity contribution is 6.14. The number of rotatable bonds is 2. The molecule has 0 atom stereocenters. The smallest absolute Gasteiger partial charge is 0.247 e. The molecular formula is C12H9N3O. The van der Waals surface area contributed by atoms with E-state index in [4.69, 9.17) is 4.74 Å². The number of nitrogens with zero attached hydrogens (tertiary/aromatic N) is 3. The average Bonchev–Trinajstić information content (AvgIpc) is 2.80. The molecule has 4 nitrogen and oxygen atoms in total. The lowest BCUT2D eigenvalue weighted by molar-refractivity contribution is 0.416. The number of allylic oxidation sites excluding steroid dienone is 1. The van der Waals surface area contributed by atoms with Crippen LogP contribution in [-0.2, 0) is 0 Å². The van der Waals surface area contributed by atoms with Gasteiger partial charge in [0.1, 0.15) is 17.8 Å². The van der Waals surface area contributed by atoms with Crippen LogP contribution in [0, 0.1) is 0 Å². The molecule has 3 rings (SSSR count). The van der Waals surface area contributed by atoms with E-state index in [0.29, 0.717) is 5.88 Å². The maximum atomic E-state index is 5.66. The average molecular weight is 211 g/mol. The van der Waals surface area contributed by atoms with Gasteiger partial charge in [-0.3, -0.25) is 0 Å². The standard InChI is InChI=1S/C12H9N3O/c1-2-4-9(5-3-1)16-12-11-10(6-7-13-12)14-8-15-11/h1-5,7-8H,6H2. The predicted molar refractivity (Wildman–Crippen MR) is 63.1 cm³/mol. The Labute approximate surface area is 92.7 Å². The summed E-state index contributed by atoms with van der Waals surface area (Å²) in [6, 6.07) is 9.54. The van der Waals surface area contributed by atoms with Gasteiger partial charge in [0, 0.05) is 12.6 Å². The predicted octanol–water partition coefficient (Wildman–Crippen LogP) is 2.19. The SMILES string of the molecule is C1=NC(Oc2ccccc2)=C2N=CN=C2C1. The van der Waals surface area contributed by atoms with E-state index in [0.717, 1.165) is 23.6 Å². The summed E-state index contributed by atoms with van der Waals surface area (Å²) >= 11 is 0. The van der Waals surface area contributed by atoms with Crippen LogP contribution < -0.4 is 4.74 Å². The Morgan fingerprint density at radius 1 is 1.06 bits per heavy atom. The first kappa shape index (κ1) is 9.03. The number of benzene rings is 1. The van der Waals surface area contributed by atoms with Gasteiger partial charge in [0.25, 0.3) is 0 Å². The second-order valence-electron chi connectivity index (χ2n) is 3.41. The van der Waals surface area contributed by atoms with Gasteiger partial charge in [-0.05, 0) is 12.1 Å². The molecule has 0 fully saturated rings. The number of hydrogen-bond acceptors (Lipinski definition) is 4. The van der Waals surface area contributed by atoms with Gasteiger partial charge in [0.2, 0.25) is 5.88 Å². The molecule has 2 aliphatic rings. The zero-order valence-electron chi connectivity index (χ0n) is 8.50. The lowest BCUT2D eigenvalue weighted by Crippen LogP contribution is -2.10.